The molecule has 0 radical (unpaired) electrons. The molecule has 0 saturated carbocycles. The van der Waals surface area contributed by atoms with Gasteiger partial charge < -0.3 is 10.1 Å². The van der Waals surface area contributed by atoms with Gasteiger partial charge >= 0.3 is 5.97 Å². The molecule has 1 fully saturated rings. The number of esters is 1. The van der Waals surface area contributed by atoms with E-state index in [0.29, 0.717) is 6.54 Å². The molecule has 16 heavy (non-hydrogen) atoms. The second-order valence-electron chi connectivity index (χ2n) is 4.14. The van der Waals surface area contributed by atoms with Crippen LogP contribution in [0, 0.1) is 5.92 Å². The summed E-state index contributed by atoms with van der Waals surface area (Å²) in [6.07, 6.45) is 0.990. The Hall–Kier alpha value is -1.35. The van der Waals surface area contributed by atoms with Gasteiger partial charge in [0.1, 0.15) is 0 Å². The van der Waals surface area contributed by atoms with Crippen LogP contribution in [0.2, 0.25) is 0 Å². The second kappa shape index (κ2) is 5.12. The average molecular weight is 219 g/mol. The Morgan fingerprint density at radius 3 is 2.81 bits per heavy atom. The fourth-order valence-electron chi connectivity index (χ4n) is 2.36. The van der Waals surface area contributed by atoms with Crippen molar-refractivity contribution < 1.29 is 9.53 Å². The minimum Gasteiger partial charge on any atom is -0.469 e. The second-order valence-corrected chi connectivity index (χ2v) is 4.14. The first-order valence-electron chi connectivity index (χ1n) is 5.66. The quantitative estimate of drug-likeness (QED) is 0.767. The van der Waals surface area contributed by atoms with E-state index in [9.17, 15) is 4.79 Å². The van der Waals surface area contributed by atoms with Crippen molar-refractivity contribution in [3.8, 4) is 0 Å². The summed E-state index contributed by atoms with van der Waals surface area (Å²) in [6.45, 7) is 1.68. The minimum absolute atomic E-state index is 0.0545. The zero-order valence-corrected chi connectivity index (χ0v) is 9.48. The molecule has 1 aliphatic heterocycles. The molecule has 1 saturated heterocycles. The van der Waals surface area contributed by atoms with E-state index in [1.165, 1.54) is 12.7 Å². The molecule has 3 heteroatoms. The van der Waals surface area contributed by atoms with E-state index in [1.807, 2.05) is 18.2 Å². The lowest BCUT2D eigenvalue weighted by Gasteiger charge is -2.30. The highest BCUT2D eigenvalue weighted by atomic mass is 16.5. The predicted molar refractivity (Wildman–Crippen MR) is 62.2 cm³/mol. The van der Waals surface area contributed by atoms with E-state index < -0.39 is 0 Å². The molecule has 1 N–H and O–H groups in total. The standard InChI is InChI=1S/C13H17NO2/c1-16-13(15)12-9-14-8-7-11(12)10-5-3-2-4-6-10/h2-6,11-12,14H,7-9H2,1H3/t11-,12-/m0/s1. The maximum atomic E-state index is 11.7. The molecule has 86 valence electrons. The number of carbonyl (C=O) groups is 1. The van der Waals surface area contributed by atoms with Crippen LogP contribution in [0.4, 0.5) is 0 Å². The lowest BCUT2D eigenvalue weighted by Crippen LogP contribution is -2.40. The third-order valence-electron chi connectivity index (χ3n) is 3.21. The Morgan fingerprint density at radius 1 is 1.38 bits per heavy atom. The van der Waals surface area contributed by atoms with Crippen LogP contribution in [0.25, 0.3) is 0 Å². The van der Waals surface area contributed by atoms with Crippen molar-refractivity contribution in [1.82, 2.24) is 5.32 Å². The lowest BCUT2D eigenvalue weighted by atomic mass is 9.81. The van der Waals surface area contributed by atoms with E-state index in [0.717, 1.165) is 13.0 Å². The first-order chi connectivity index (χ1) is 7.83. The summed E-state index contributed by atoms with van der Waals surface area (Å²) < 4.78 is 4.86. The number of rotatable bonds is 2. The first-order valence-corrected chi connectivity index (χ1v) is 5.66. The average Bonchev–Trinajstić information content (AvgIpc) is 2.39. The van der Waals surface area contributed by atoms with Gasteiger partial charge in [0, 0.05) is 6.54 Å². The normalized spacial score (nSPS) is 25.1. The Bertz CT molecular complexity index is 350. The van der Waals surface area contributed by atoms with Crippen molar-refractivity contribution in [3.63, 3.8) is 0 Å². The summed E-state index contributed by atoms with van der Waals surface area (Å²) in [6, 6.07) is 10.2. The molecule has 0 amide bonds. The highest BCUT2D eigenvalue weighted by Gasteiger charge is 2.32. The smallest absolute Gasteiger partial charge is 0.310 e. The highest BCUT2D eigenvalue weighted by molar-refractivity contribution is 5.74. The Balaban J connectivity index is 2.20. The summed E-state index contributed by atoms with van der Waals surface area (Å²) in [5.74, 6) is 0.122. The molecular formula is C13H17NO2. The molecule has 1 aromatic carbocycles. The molecule has 3 nitrogen and oxygen atoms in total. The molecule has 1 aliphatic rings. The summed E-state index contributed by atoms with van der Waals surface area (Å²) in [4.78, 5) is 11.7. The van der Waals surface area contributed by atoms with Gasteiger partial charge in [-0.15, -0.1) is 0 Å². The van der Waals surface area contributed by atoms with Crippen LogP contribution >= 0.6 is 0 Å². The molecule has 2 atom stereocenters. The van der Waals surface area contributed by atoms with Gasteiger partial charge in [0.05, 0.1) is 13.0 Å². The zero-order chi connectivity index (χ0) is 11.4. The van der Waals surface area contributed by atoms with E-state index in [2.05, 4.69) is 17.4 Å². The summed E-state index contributed by atoms with van der Waals surface area (Å²) in [7, 11) is 1.46. The fraction of sp³-hybridized carbons (Fsp3) is 0.462. The van der Waals surface area contributed by atoms with E-state index >= 15 is 0 Å². The third-order valence-corrected chi connectivity index (χ3v) is 3.21. The van der Waals surface area contributed by atoms with Crippen molar-refractivity contribution in [1.29, 1.82) is 0 Å². The van der Waals surface area contributed by atoms with Crippen LogP contribution in [0.5, 0.6) is 0 Å². The Kier molecular flexibility index (Phi) is 3.57. The molecule has 1 heterocycles. The maximum absolute atomic E-state index is 11.7. The van der Waals surface area contributed by atoms with Crippen LogP contribution in [-0.2, 0) is 9.53 Å². The van der Waals surface area contributed by atoms with Gasteiger partial charge in [0.25, 0.3) is 0 Å². The van der Waals surface area contributed by atoms with Gasteiger partial charge in [0.15, 0.2) is 0 Å². The molecule has 0 bridgehead atoms. The molecule has 0 spiro atoms. The molecule has 0 aliphatic carbocycles. The largest absolute Gasteiger partial charge is 0.469 e. The summed E-state index contributed by atoms with van der Waals surface area (Å²) >= 11 is 0. The van der Waals surface area contributed by atoms with Crippen LogP contribution in [-0.4, -0.2) is 26.2 Å². The Morgan fingerprint density at radius 2 is 2.12 bits per heavy atom. The number of hydrogen-bond acceptors (Lipinski definition) is 3. The van der Waals surface area contributed by atoms with Crippen molar-refractivity contribution in [2.75, 3.05) is 20.2 Å². The SMILES string of the molecule is COC(=O)[C@H]1CNCC[C@H]1c1ccccc1. The number of benzene rings is 1. The predicted octanol–water partition coefficient (Wildman–Crippen LogP) is 1.55. The molecule has 1 aromatic rings. The number of methoxy groups -OCH3 is 1. The van der Waals surface area contributed by atoms with Gasteiger partial charge in [0.2, 0.25) is 0 Å². The Labute approximate surface area is 95.8 Å². The van der Waals surface area contributed by atoms with E-state index in [-0.39, 0.29) is 17.8 Å². The highest BCUT2D eigenvalue weighted by Crippen LogP contribution is 2.30. The van der Waals surface area contributed by atoms with Crippen LogP contribution < -0.4 is 5.32 Å². The maximum Gasteiger partial charge on any atom is 0.310 e. The number of carbonyl (C=O) groups excluding carboxylic acids is 1. The van der Waals surface area contributed by atoms with Crippen molar-refractivity contribution >= 4 is 5.97 Å². The summed E-state index contributed by atoms with van der Waals surface area (Å²) in [5.41, 5.74) is 1.24. The summed E-state index contributed by atoms with van der Waals surface area (Å²) in [5, 5.41) is 3.25. The van der Waals surface area contributed by atoms with Gasteiger partial charge in [-0.2, -0.15) is 0 Å². The monoisotopic (exact) mass is 219 g/mol. The van der Waals surface area contributed by atoms with Crippen LogP contribution in [0.3, 0.4) is 0 Å². The molecular weight excluding hydrogens is 202 g/mol. The van der Waals surface area contributed by atoms with E-state index in [4.69, 9.17) is 4.74 Å². The first kappa shape index (κ1) is 11.1. The van der Waals surface area contributed by atoms with E-state index in [1.54, 1.807) is 0 Å². The van der Waals surface area contributed by atoms with Crippen LogP contribution in [0.15, 0.2) is 30.3 Å². The molecule has 0 unspecified atom stereocenters. The molecule has 2 rings (SSSR count). The number of piperidine rings is 1. The zero-order valence-electron chi connectivity index (χ0n) is 9.48. The topological polar surface area (TPSA) is 38.3 Å². The van der Waals surface area contributed by atoms with Crippen molar-refractivity contribution in [3.05, 3.63) is 35.9 Å². The third kappa shape index (κ3) is 2.25. The van der Waals surface area contributed by atoms with Gasteiger partial charge in [-0.25, -0.2) is 0 Å². The van der Waals surface area contributed by atoms with Crippen molar-refractivity contribution in [2.24, 2.45) is 5.92 Å². The number of nitrogens with one attached hydrogen (secondary N) is 1. The molecule has 0 aromatic heterocycles. The van der Waals surface area contributed by atoms with Crippen LogP contribution in [0.1, 0.15) is 17.9 Å². The van der Waals surface area contributed by atoms with Gasteiger partial charge in [-0.05, 0) is 24.4 Å². The lowest BCUT2D eigenvalue weighted by molar-refractivity contribution is -0.146. The minimum atomic E-state index is -0.110. The van der Waals surface area contributed by atoms with Gasteiger partial charge in [-0.1, -0.05) is 30.3 Å². The fourth-order valence-corrected chi connectivity index (χ4v) is 2.36. The van der Waals surface area contributed by atoms with Gasteiger partial charge in [-0.3, -0.25) is 4.79 Å². The number of ether oxygens (including phenoxy) is 1. The number of hydrogen-bond donors (Lipinski definition) is 1. The van der Waals surface area contributed by atoms with Crippen molar-refractivity contribution in [2.45, 2.75) is 12.3 Å².